The van der Waals surface area contributed by atoms with Crippen molar-refractivity contribution < 1.29 is 19.1 Å². The van der Waals surface area contributed by atoms with E-state index in [1.54, 1.807) is 30.3 Å². The van der Waals surface area contributed by atoms with Crippen LogP contribution in [0, 0.1) is 0 Å². The van der Waals surface area contributed by atoms with E-state index < -0.39 is 5.97 Å². The van der Waals surface area contributed by atoms with Crippen molar-refractivity contribution in [3.05, 3.63) is 107 Å². The summed E-state index contributed by atoms with van der Waals surface area (Å²) in [7, 11) is 1.51. The molecule has 1 N–H and O–H groups in total. The summed E-state index contributed by atoms with van der Waals surface area (Å²) in [6, 6.07) is 27.7. The molecule has 0 radical (unpaired) electrons. The summed E-state index contributed by atoms with van der Waals surface area (Å²) < 4.78 is 11.1. The van der Waals surface area contributed by atoms with Crippen LogP contribution in [0.3, 0.4) is 0 Å². The largest absolute Gasteiger partial charge is 0.493 e. The number of aliphatic imine (C=N–C) groups is 1. The van der Waals surface area contributed by atoms with Crippen LogP contribution in [0.2, 0.25) is 0 Å². The van der Waals surface area contributed by atoms with Crippen LogP contribution in [0.4, 0.5) is 5.69 Å². The van der Waals surface area contributed by atoms with E-state index in [1.165, 1.54) is 18.9 Å². The molecule has 6 nitrogen and oxygen atoms in total. The molecule has 1 aliphatic heterocycles. The minimum Gasteiger partial charge on any atom is -0.493 e. The molecule has 1 heterocycles. The van der Waals surface area contributed by atoms with Crippen molar-refractivity contribution >= 4 is 51.3 Å². The third-order valence-electron chi connectivity index (χ3n) is 5.34. The van der Waals surface area contributed by atoms with Crippen molar-refractivity contribution in [2.24, 2.45) is 4.99 Å². The van der Waals surface area contributed by atoms with Gasteiger partial charge in [0.05, 0.1) is 23.3 Å². The number of amides is 1. The molecule has 1 aliphatic rings. The van der Waals surface area contributed by atoms with Gasteiger partial charge >= 0.3 is 5.97 Å². The Hall–Kier alpha value is -4.36. The maximum atomic E-state index is 13.0. The number of carbonyl (C=O) groups is 2. The number of methoxy groups -OCH3 is 1. The van der Waals surface area contributed by atoms with Gasteiger partial charge in [-0.2, -0.15) is 0 Å². The van der Waals surface area contributed by atoms with Crippen molar-refractivity contribution in [1.82, 2.24) is 5.32 Å². The van der Waals surface area contributed by atoms with Crippen LogP contribution in [0.5, 0.6) is 11.5 Å². The maximum absolute atomic E-state index is 13.0. The molecule has 0 bridgehead atoms. The van der Waals surface area contributed by atoms with Gasteiger partial charge in [0.25, 0.3) is 5.91 Å². The topological polar surface area (TPSA) is 77.0 Å². The maximum Gasteiger partial charge on any atom is 0.344 e. The fourth-order valence-corrected chi connectivity index (χ4v) is 4.51. The summed E-state index contributed by atoms with van der Waals surface area (Å²) in [5.74, 6) is -0.0538. The second kappa shape index (κ2) is 9.87. The van der Waals surface area contributed by atoms with E-state index in [1.807, 2.05) is 66.7 Å². The quantitative estimate of drug-likeness (QED) is 0.217. The summed E-state index contributed by atoms with van der Waals surface area (Å²) in [4.78, 5) is 30.5. The highest BCUT2D eigenvalue weighted by Gasteiger charge is 2.24. The predicted octanol–water partition coefficient (Wildman–Crippen LogP) is 5.96. The highest BCUT2D eigenvalue weighted by Crippen LogP contribution is 2.33. The highest BCUT2D eigenvalue weighted by molar-refractivity contribution is 8.18. The number of hydrogen-bond acceptors (Lipinski definition) is 6. The second-order valence-electron chi connectivity index (χ2n) is 7.64. The number of para-hydroxylation sites is 1. The van der Waals surface area contributed by atoms with Crippen molar-refractivity contribution in [3.8, 4) is 11.5 Å². The number of ether oxygens (including phenoxy) is 2. The number of thioether (sulfide) groups is 1. The molecule has 0 aromatic heterocycles. The second-order valence-corrected chi connectivity index (χ2v) is 8.67. The van der Waals surface area contributed by atoms with Crippen LogP contribution >= 0.6 is 11.8 Å². The fraction of sp³-hybridized carbons (Fsp3) is 0.0357. The average molecular weight is 481 g/mol. The van der Waals surface area contributed by atoms with Crippen molar-refractivity contribution in [2.45, 2.75) is 0 Å². The Balaban J connectivity index is 1.41. The molecule has 1 amide bonds. The molecule has 5 rings (SSSR count). The molecule has 7 heteroatoms. The van der Waals surface area contributed by atoms with E-state index in [2.05, 4.69) is 10.3 Å². The standard InChI is InChI=1S/C28H20N2O4S/c1-33-23-15-14-18(17-25-26(31)30-28(35-25)29-20-10-3-2-4-11-20)16-24(23)34-27(32)22-13-7-9-19-8-5-6-12-21(19)22/h2-17H,1H3,(H,29,30,31)/b25-17-. The first kappa shape index (κ1) is 22.4. The Morgan fingerprint density at radius 3 is 2.51 bits per heavy atom. The number of carbonyl (C=O) groups excluding carboxylic acids is 2. The zero-order valence-electron chi connectivity index (χ0n) is 18.7. The van der Waals surface area contributed by atoms with Gasteiger partial charge in [-0.1, -0.05) is 60.7 Å². The van der Waals surface area contributed by atoms with Gasteiger partial charge in [0, 0.05) is 0 Å². The number of rotatable bonds is 5. The lowest BCUT2D eigenvalue weighted by molar-refractivity contribution is -0.115. The lowest BCUT2D eigenvalue weighted by atomic mass is 10.0. The highest BCUT2D eigenvalue weighted by atomic mass is 32.2. The van der Waals surface area contributed by atoms with E-state index >= 15 is 0 Å². The molecular weight excluding hydrogens is 460 g/mol. The summed E-state index contributed by atoms with van der Waals surface area (Å²) in [6.45, 7) is 0. The van der Waals surface area contributed by atoms with Gasteiger partial charge in [-0.25, -0.2) is 9.79 Å². The lowest BCUT2D eigenvalue weighted by Crippen LogP contribution is -2.19. The van der Waals surface area contributed by atoms with Crippen LogP contribution < -0.4 is 14.8 Å². The number of esters is 1. The summed E-state index contributed by atoms with van der Waals surface area (Å²) in [5, 5.41) is 5.04. The van der Waals surface area contributed by atoms with Gasteiger partial charge in [0.2, 0.25) is 0 Å². The number of benzene rings is 4. The van der Waals surface area contributed by atoms with E-state index in [0.29, 0.717) is 26.9 Å². The van der Waals surface area contributed by atoms with Crippen LogP contribution in [-0.2, 0) is 4.79 Å². The molecule has 4 aromatic carbocycles. The van der Waals surface area contributed by atoms with Gasteiger partial charge in [0.15, 0.2) is 16.7 Å². The van der Waals surface area contributed by atoms with Crippen molar-refractivity contribution in [2.75, 3.05) is 7.11 Å². The molecular formula is C28H20N2O4S. The molecule has 0 aliphatic carbocycles. The van der Waals surface area contributed by atoms with Crippen LogP contribution in [-0.4, -0.2) is 24.2 Å². The first-order chi connectivity index (χ1) is 17.1. The molecule has 4 aromatic rings. The zero-order chi connectivity index (χ0) is 24.2. The van der Waals surface area contributed by atoms with Crippen molar-refractivity contribution in [3.63, 3.8) is 0 Å². The zero-order valence-corrected chi connectivity index (χ0v) is 19.5. The van der Waals surface area contributed by atoms with Crippen molar-refractivity contribution in [1.29, 1.82) is 0 Å². The van der Waals surface area contributed by atoms with Crippen LogP contribution in [0.15, 0.2) is 101 Å². The normalized spacial score (nSPS) is 15.4. The number of amidine groups is 1. The molecule has 1 saturated heterocycles. The third-order valence-corrected chi connectivity index (χ3v) is 6.25. The summed E-state index contributed by atoms with van der Waals surface area (Å²) >= 11 is 1.25. The SMILES string of the molecule is COc1ccc(/C=C2\SC(=Nc3ccccc3)NC2=O)cc1OC(=O)c1cccc2ccccc12. The smallest absolute Gasteiger partial charge is 0.344 e. The molecule has 172 valence electrons. The number of hydrogen-bond donors (Lipinski definition) is 1. The fourth-order valence-electron chi connectivity index (χ4n) is 3.67. The van der Waals surface area contributed by atoms with E-state index in [-0.39, 0.29) is 11.7 Å². The van der Waals surface area contributed by atoms with Crippen LogP contribution in [0.25, 0.3) is 16.8 Å². The molecule has 35 heavy (non-hydrogen) atoms. The third kappa shape index (κ3) is 4.95. The minimum atomic E-state index is -0.491. The Labute approximate surface area is 206 Å². The van der Waals surface area contributed by atoms with E-state index in [4.69, 9.17) is 9.47 Å². The Morgan fingerprint density at radius 1 is 0.914 bits per heavy atom. The molecule has 1 fully saturated rings. The molecule has 0 spiro atoms. The van der Waals surface area contributed by atoms with Gasteiger partial charge in [-0.05, 0) is 64.5 Å². The Bertz CT molecular complexity index is 1490. The lowest BCUT2D eigenvalue weighted by Gasteiger charge is -2.11. The minimum absolute atomic E-state index is 0.241. The van der Waals surface area contributed by atoms with E-state index in [9.17, 15) is 9.59 Å². The first-order valence-corrected chi connectivity index (χ1v) is 11.6. The molecule has 0 unspecified atom stereocenters. The number of fused-ring (bicyclic) bond motifs is 1. The number of nitrogens with zero attached hydrogens (tertiary/aromatic N) is 1. The van der Waals surface area contributed by atoms with Gasteiger partial charge in [-0.15, -0.1) is 0 Å². The first-order valence-electron chi connectivity index (χ1n) is 10.8. The predicted molar refractivity (Wildman–Crippen MR) is 139 cm³/mol. The summed E-state index contributed by atoms with van der Waals surface area (Å²) in [5.41, 5.74) is 1.90. The Kier molecular flexibility index (Phi) is 6.32. The van der Waals surface area contributed by atoms with Gasteiger partial charge in [0.1, 0.15) is 0 Å². The summed E-state index contributed by atoms with van der Waals surface area (Å²) in [6.07, 6.45) is 1.72. The Morgan fingerprint density at radius 2 is 1.69 bits per heavy atom. The molecule has 0 saturated carbocycles. The molecule has 0 atom stereocenters. The number of nitrogens with one attached hydrogen (secondary N) is 1. The van der Waals surface area contributed by atoms with Gasteiger partial charge in [-0.3, -0.25) is 4.79 Å². The van der Waals surface area contributed by atoms with Gasteiger partial charge < -0.3 is 14.8 Å². The average Bonchev–Trinajstić information content (AvgIpc) is 3.22. The van der Waals surface area contributed by atoms with E-state index in [0.717, 1.165) is 16.5 Å². The van der Waals surface area contributed by atoms with Crippen LogP contribution in [0.1, 0.15) is 15.9 Å². The monoisotopic (exact) mass is 480 g/mol.